The second-order valence-electron chi connectivity index (χ2n) is 5.14. The minimum atomic E-state index is -4.47. The molecule has 2 rings (SSSR count). The number of nitrogens with one attached hydrogen (secondary N) is 1. The lowest BCUT2D eigenvalue weighted by atomic mass is 10.2. The van der Waals surface area contributed by atoms with E-state index in [-0.39, 0.29) is 11.4 Å². The molecule has 0 aliphatic carbocycles. The van der Waals surface area contributed by atoms with Crippen molar-refractivity contribution in [1.29, 1.82) is 0 Å². The summed E-state index contributed by atoms with van der Waals surface area (Å²) in [5.74, 6) is -0.612. The van der Waals surface area contributed by atoms with Crippen LogP contribution in [0.15, 0.2) is 30.3 Å². The van der Waals surface area contributed by atoms with Crippen LogP contribution in [0.1, 0.15) is 11.3 Å². The fourth-order valence-electron chi connectivity index (χ4n) is 2.02. The molecule has 1 heterocycles. The molecule has 1 amide bonds. The number of aryl methyl sites for hydroxylation is 2. The molecular weight excluding hydrogens is 359 g/mol. The summed E-state index contributed by atoms with van der Waals surface area (Å²) in [4.78, 5) is 12.0. The normalized spacial score (nSPS) is 11.8. The van der Waals surface area contributed by atoms with Crippen molar-refractivity contribution in [2.45, 2.75) is 13.1 Å². The molecule has 0 bridgehead atoms. The van der Waals surface area contributed by atoms with E-state index in [1.165, 1.54) is 35.0 Å². The van der Waals surface area contributed by atoms with Crippen LogP contribution in [0.4, 0.5) is 18.9 Å². The van der Waals surface area contributed by atoms with Gasteiger partial charge in [0.1, 0.15) is 10.9 Å². The zero-order valence-electron chi connectivity index (χ0n) is 13.4. The van der Waals surface area contributed by atoms with Gasteiger partial charge in [-0.05, 0) is 25.1 Å². The number of rotatable bonds is 5. The van der Waals surface area contributed by atoms with E-state index in [1.54, 1.807) is 20.0 Å². The van der Waals surface area contributed by atoms with Crippen molar-refractivity contribution in [3.8, 4) is 5.75 Å². The predicted molar refractivity (Wildman–Crippen MR) is 88.6 cm³/mol. The molecule has 0 aliphatic rings. The van der Waals surface area contributed by atoms with E-state index in [0.29, 0.717) is 16.4 Å². The first-order valence-corrected chi connectivity index (χ1v) is 7.52. The third kappa shape index (κ3) is 5.25. The molecule has 134 valence electrons. The van der Waals surface area contributed by atoms with Crippen molar-refractivity contribution in [2.75, 3.05) is 11.9 Å². The highest BCUT2D eigenvalue weighted by Crippen LogP contribution is 2.26. The molecule has 0 saturated carbocycles. The van der Waals surface area contributed by atoms with E-state index in [4.69, 9.17) is 16.3 Å². The monoisotopic (exact) mass is 373 g/mol. The molecule has 1 N–H and O–H groups in total. The highest BCUT2D eigenvalue weighted by Gasteiger charge is 2.28. The first-order valence-electron chi connectivity index (χ1n) is 7.14. The van der Waals surface area contributed by atoms with Crippen molar-refractivity contribution in [2.24, 2.45) is 7.05 Å². The SMILES string of the molecule is Cc1nn(C)c(Cl)c1/C=C/C(=O)Nc1ccccc1OCC(F)(F)F. The van der Waals surface area contributed by atoms with Gasteiger partial charge in [0.2, 0.25) is 5.91 Å². The van der Waals surface area contributed by atoms with E-state index < -0.39 is 18.7 Å². The van der Waals surface area contributed by atoms with E-state index in [9.17, 15) is 18.0 Å². The summed E-state index contributed by atoms with van der Waals surface area (Å²) >= 11 is 6.06. The van der Waals surface area contributed by atoms with Crippen LogP contribution >= 0.6 is 11.6 Å². The zero-order chi connectivity index (χ0) is 18.6. The van der Waals surface area contributed by atoms with Gasteiger partial charge in [-0.15, -0.1) is 0 Å². The number of carbonyl (C=O) groups excluding carboxylic acids is 1. The van der Waals surface area contributed by atoms with Gasteiger partial charge in [0.25, 0.3) is 0 Å². The topological polar surface area (TPSA) is 56.2 Å². The van der Waals surface area contributed by atoms with Crippen LogP contribution in [-0.4, -0.2) is 28.5 Å². The standard InChI is InChI=1S/C16H15ClF3N3O2/c1-10-11(15(17)23(2)22-10)7-8-14(24)21-12-5-3-4-6-13(12)25-9-16(18,19)20/h3-8H,9H2,1-2H3,(H,21,24)/b8-7+. The fraction of sp³-hybridized carbons (Fsp3) is 0.250. The lowest BCUT2D eigenvalue weighted by Crippen LogP contribution is -2.20. The number of hydrogen-bond acceptors (Lipinski definition) is 3. The molecule has 0 aliphatic heterocycles. The van der Waals surface area contributed by atoms with Gasteiger partial charge in [-0.2, -0.15) is 18.3 Å². The molecule has 2 aromatic rings. The number of anilines is 1. The maximum Gasteiger partial charge on any atom is 0.422 e. The number of nitrogens with zero attached hydrogens (tertiary/aromatic N) is 2. The second kappa shape index (κ2) is 7.60. The third-order valence-corrected chi connectivity index (χ3v) is 3.58. The highest BCUT2D eigenvalue weighted by molar-refractivity contribution is 6.31. The number of hydrogen-bond donors (Lipinski definition) is 1. The Bertz CT molecular complexity index is 800. The van der Waals surface area contributed by atoms with Gasteiger partial charge in [0.15, 0.2) is 6.61 Å². The molecule has 25 heavy (non-hydrogen) atoms. The van der Waals surface area contributed by atoms with Crippen molar-refractivity contribution < 1.29 is 22.7 Å². The Labute approximate surface area is 147 Å². The number of alkyl halides is 3. The van der Waals surface area contributed by atoms with Crippen LogP contribution in [0.2, 0.25) is 5.15 Å². The first-order chi connectivity index (χ1) is 11.7. The van der Waals surface area contributed by atoms with Gasteiger partial charge in [-0.1, -0.05) is 23.7 Å². The smallest absolute Gasteiger partial charge is 0.422 e. The van der Waals surface area contributed by atoms with Gasteiger partial charge >= 0.3 is 6.18 Å². The van der Waals surface area contributed by atoms with E-state index in [1.807, 2.05) is 0 Å². The lowest BCUT2D eigenvalue weighted by molar-refractivity contribution is -0.153. The van der Waals surface area contributed by atoms with Crippen LogP contribution in [-0.2, 0) is 11.8 Å². The highest BCUT2D eigenvalue weighted by atomic mass is 35.5. The van der Waals surface area contributed by atoms with E-state index in [2.05, 4.69) is 10.4 Å². The number of aromatic nitrogens is 2. The summed E-state index contributed by atoms with van der Waals surface area (Å²) in [5, 5.41) is 6.95. The van der Waals surface area contributed by atoms with Crippen LogP contribution in [0, 0.1) is 6.92 Å². The van der Waals surface area contributed by atoms with Crippen molar-refractivity contribution in [1.82, 2.24) is 9.78 Å². The molecule has 1 aromatic heterocycles. The lowest BCUT2D eigenvalue weighted by Gasteiger charge is -2.13. The number of ether oxygens (including phenoxy) is 1. The minimum Gasteiger partial charge on any atom is -0.482 e. The predicted octanol–water partition coefficient (Wildman–Crippen LogP) is 3.97. The number of carbonyl (C=O) groups is 1. The minimum absolute atomic E-state index is 0.0721. The Morgan fingerprint density at radius 1 is 1.40 bits per heavy atom. The summed E-state index contributed by atoms with van der Waals surface area (Å²) < 4.78 is 43.0. The van der Waals surface area contributed by atoms with Crippen LogP contribution < -0.4 is 10.1 Å². The largest absolute Gasteiger partial charge is 0.482 e. The van der Waals surface area contributed by atoms with E-state index in [0.717, 1.165) is 0 Å². The maximum atomic E-state index is 12.3. The summed E-state index contributed by atoms with van der Waals surface area (Å²) in [5.41, 5.74) is 1.36. The Morgan fingerprint density at radius 2 is 2.08 bits per heavy atom. The van der Waals surface area contributed by atoms with Crippen molar-refractivity contribution in [3.63, 3.8) is 0 Å². The van der Waals surface area contributed by atoms with Gasteiger partial charge in [0.05, 0.1) is 11.4 Å². The Morgan fingerprint density at radius 3 is 2.68 bits per heavy atom. The average Bonchev–Trinajstić information content (AvgIpc) is 2.76. The molecule has 0 fully saturated rings. The van der Waals surface area contributed by atoms with Crippen LogP contribution in [0.5, 0.6) is 5.75 Å². The molecule has 0 spiro atoms. The molecular formula is C16H15ClF3N3O2. The van der Waals surface area contributed by atoms with E-state index >= 15 is 0 Å². The van der Waals surface area contributed by atoms with Crippen molar-refractivity contribution >= 4 is 29.3 Å². The Kier molecular flexibility index (Phi) is 5.73. The summed E-state index contributed by atoms with van der Waals surface area (Å²) in [6.45, 7) is 0.296. The zero-order valence-corrected chi connectivity index (χ0v) is 14.1. The molecule has 0 radical (unpaired) electrons. The van der Waals surface area contributed by atoms with Crippen LogP contribution in [0.25, 0.3) is 6.08 Å². The molecule has 0 atom stereocenters. The second-order valence-corrected chi connectivity index (χ2v) is 5.49. The van der Waals surface area contributed by atoms with Gasteiger partial charge in [0, 0.05) is 18.7 Å². The number of halogens is 4. The maximum absolute atomic E-state index is 12.3. The van der Waals surface area contributed by atoms with Crippen LogP contribution in [0.3, 0.4) is 0 Å². The summed E-state index contributed by atoms with van der Waals surface area (Å²) in [6.07, 6.45) is -1.76. The molecule has 5 nitrogen and oxygen atoms in total. The molecule has 0 unspecified atom stereocenters. The average molecular weight is 374 g/mol. The fourth-order valence-corrected chi connectivity index (χ4v) is 2.26. The van der Waals surface area contributed by atoms with Crippen molar-refractivity contribution in [3.05, 3.63) is 46.8 Å². The van der Waals surface area contributed by atoms with Gasteiger partial charge in [-0.3, -0.25) is 9.48 Å². The van der Waals surface area contributed by atoms with Gasteiger partial charge < -0.3 is 10.1 Å². The third-order valence-electron chi connectivity index (χ3n) is 3.13. The number of benzene rings is 1. The summed E-state index contributed by atoms with van der Waals surface area (Å²) in [6, 6.07) is 5.87. The molecule has 9 heteroatoms. The number of para-hydroxylation sites is 2. The molecule has 1 aromatic carbocycles. The summed E-state index contributed by atoms with van der Waals surface area (Å²) in [7, 11) is 1.67. The number of amides is 1. The quantitative estimate of drug-likeness (QED) is 0.807. The molecule has 0 saturated heterocycles. The first kappa shape index (κ1) is 18.9. The van der Waals surface area contributed by atoms with Gasteiger partial charge in [-0.25, -0.2) is 0 Å². The Hall–Kier alpha value is -2.48. The Balaban J connectivity index is 2.09.